The van der Waals surface area contributed by atoms with E-state index >= 15 is 0 Å². The molecule has 3 rings (SSSR count). The van der Waals surface area contributed by atoms with E-state index < -0.39 is 6.10 Å². The molecule has 0 radical (unpaired) electrons. The number of fused-ring (bicyclic) bond motifs is 1. The summed E-state index contributed by atoms with van der Waals surface area (Å²) in [5, 5.41) is 2.94. The minimum Gasteiger partial charge on any atom is -0.497 e. The largest absolute Gasteiger partial charge is 0.497 e. The number of aryl methyl sites for hydroxylation is 2. The molecule has 1 N–H and O–H groups in total. The Hall–Kier alpha value is -2.69. The molecule has 0 spiro atoms. The second kappa shape index (κ2) is 9.49. The molecule has 2 atom stereocenters. The fourth-order valence-corrected chi connectivity index (χ4v) is 3.34. The van der Waals surface area contributed by atoms with Crippen LogP contribution in [0.5, 0.6) is 17.2 Å². The zero-order valence-corrected chi connectivity index (χ0v) is 16.9. The van der Waals surface area contributed by atoms with Crippen molar-refractivity contribution in [3.8, 4) is 17.2 Å². The predicted octanol–water partition coefficient (Wildman–Crippen LogP) is 3.93. The highest BCUT2D eigenvalue weighted by Gasteiger charge is 2.18. The Labute approximate surface area is 167 Å². The molecule has 2 aromatic rings. The lowest BCUT2D eigenvalue weighted by molar-refractivity contribution is -0.128. The molecule has 5 nitrogen and oxygen atoms in total. The van der Waals surface area contributed by atoms with E-state index in [0.29, 0.717) is 6.61 Å². The second-order valence-corrected chi connectivity index (χ2v) is 7.29. The summed E-state index contributed by atoms with van der Waals surface area (Å²) in [5.41, 5.74) is 2.75. The summed E-state index contributed by atoms with van der Waals surface area (Å²) < 4.78 is 16.7. The van der Waals surface area contributed by atoms with Crippen LogP contribution in [0, 0.1) is 0 Å². The van der Waals surface area contributed by atoms with Crippen molar-refractivity contribution in [1.29, 1.82) is 0 Å². The Morgan fingerprint density at radius 1 is 0.964 bits per heavy atom. The van der Waals surface area contributed by atoms with Gasteiger partial charge in [-0.15, -0.1) is 0 Å². The molecule has 1 aliphatic rings. The Bertz CT molecular complexity index is 788. The summed E-state index contributed by atoms with van der Waals surface area (Å²) >= 11 is 0. The molecule has 0 unspecified atom stereocenters. The van der Waals surface area contributed by atoms with Crippen LogP contribution in [0.1, 0.15) is 37.8 Å². The van der Waals surface area contributed by atoms with Crippen molar-refractivity contribution in [3.05, 3.63) is 53.6 Å². The number of hydrogen-bond donors (Lipinski definition) is 1. The van der Waals surface area contributed by atoms with Gasteiger partial charge in [-0.3, -0.25) is 4.79 Å². The maximum atomic E-state index is 12.4. The summed E-state index contributed by atoms with van der Waals surface area (Å²) in [6, 6.07) is 13.4. The maximum absolute atomic E-state index is 12.4. The van der Waals surface area contributed by atoms with Crippen LogP contribution in [0.3, 0.4) is 0 Å². The standard InChI is InChI=1S/C23H29NO4/c1-16(15-27-21-12-10-20(26-3)11-13-21)24-23(25)17(2)28-22-9-8-18-6-4-5-7-19(18)14-22/h8-14,16-17H,4-7,15H2,1-3H3,(H,24,25)/t16-,17-/m0/s1. The smallest absolute Gasteiger partial charge is 0.261 e. The number of ether oxygens (including phenoxy) is 3. The van der Waals surface area contributed by atoms with E-state index in [1.807, 2.05) is 37.3 Å². The zero-order valence-electron chi connectivity index (χ0n) is 16.9. The number of benzene rings is 2. The van der Waals surface area contributed by atoms with Gasteiger partial charge in [0, 0.05) is 0 Å². The van der Waals surface area contributed by atoms with Gasteiger partial charge >= 0.3 is 0 Å². The molecule has 0 saturated carbocycles. The molecule has 0 saturated heterocycles. The number of rotatable bonds is 8. The minimum atomic E-state index is -0.565. The van der Waals surface area contributed by atoms with Gasteiger partial charge in [0.25, 0.3) is 5.91 Å². The topological polar surface area (TPSA) is 56.8 Å². The Balaban J connectivity index is 1.46. The van der Waals surface area contributed by atoms with E-state index in [1.54, 1.807) is 14.0 Å². The fraction of sp³-hybridized carbons (Fsp3) is 0.435. The van der Waals surface area contributed by atoms with Gasteiger partial charge in [-0.2, -0.15) is 0 Å². The average molecular weight is 383 g/mol. The average Bonchev–Trinajstić information content (AvgIpc) is 2.72. The Kier molecular flexibility index (Phi) is 6.80. The lowest BCUT2D eigenvalue weighted by atomic mass is 9.92. The van der Waals surface area contributed by atoms with Crippen molar-refractivity contribution >= 4 is 5.91 Å². The van der Waals surface area contributed by atoms with Crippen LogP contribution in [0.2, 0.25) is 0 Å². The van der Waals surface area contributed by atoms with E-state index in [1.165, 1.54) is 24.0 Å². The number of carbonyl (C=O) groups is 1. The third kappa shape index (κ3) is 5.41. The molecule has 1 aliphatic carbocycles. The lowest BCUT2D eigenvalue weighted by Gasteiger charge is -2.21. The molecular formula is C23H29NO4. The van der Waals surface area contributed by atoms with Gasteiger partial charge in [0.05, 0.1) is 13.2 Å². The van der Waals surface area contributed by atoms with Crippen LogP contribution < -0.4 is 19.5 Å². The lowest BCUT2D eigenvalue weighted by Crippen LogP contribution is -2.43. The first-order valence-electron chi connectivity index (χ1n) is 9.91. The highest BCUT2D eigenvalue weighted by Crippen LogP contribution is 2.26. The van der Waals surface area contributed by atoms with Gasteiger partial charge in [0.1, 0.15) is 23.9 Å². The van der Waals surface area contributed by atoms with Crippen LogP contribution in [-0.2, 0) is 17.6 Å². The first-order chi connectivity index (χ1) is 13.5. The molecule has 5 heteroatoms. The molecule has 0 bridgehead atoms. The minimum absolute atomic E-state index is 0.135. The van der Waals surface area contributed by atoms with Crippen LogP contribution >= 0.6 is 0 Å². The molecule has 0 heterocycles. The highest BCUT2D eigenvalue weighted by molar-refractivity contribution is 5.81. The Morgan fingerprint density at radius 3 is 2.32 bits per heavy atom. The van der Waals surface area contributed by atoms with Crippen molar-refractivity contribution in [2.45, 2.75) is 51.7 Å². The fourth-order valence-electron chi connectivity index (χ4n) is 3.34. The highest BCUT2D eigenvalue weighted by atomic mass is 16.5. The summed E-state index contributed by atoms with van der Waals surface area (Å²) in [7, 11) is 1.63. The number of hydrogen-bond acceptors (Lipinski definition) is 4. The van der Waals surface area contributed by atoms with Crippen molar-refractivity contribution in [2.75, 3.05) is 13.7 Å². The molecule has 28 heavy (non-hydrogen) atoms. The summed E-state index contributed by atoms with van der Waals surface area (Å²) in [5.74, 6) is 2.12. The molecule has 1 amide bonds. The molecule has 0 aliphatic heterocycles. The van der Waals surface area contributed by atoms with Crippen LogP contribution in [0.25, 0.3) is 0 Å². The predicted molar refractivity (Wildman–Crippen MR) is 109 cm³/mol. The SMILES string of the molecule is COc1ccc(OC[C@H](C)NC(=O)[C@H](C)Oc2ccc3c(c2)CCCC3)cc1. The van der Waals surface area contributed by atoms with Crippen molar-refractivity contribution in [1.82, 2.24) is 5.32 Å². The monoisotopic (exact) mass is 383 g/mol. The quantitative estimate of drug-likeness (QED) is 0.751. The van der Waals surface area contributed by atoms with Gasteiger partial charge in [-0.05, 0) is 87.1 Å². The second-order valence-electron chi connectivity index (χ2n) is 7.29. The summed E-state index contributed by atoms with van der Waals surface area (Å²) in [6.07, 6.45) is 4.13. The van der Waals surface area contributed by atoms with E-state index in [4.69, 9.17) is 14.2 Å². The molecule has 2 aromatic carbocycles. The van der Waals surface area contributed by atoms with E-state index in [2.05, 4.69) is 17.4 Å². The van der Waals surface area contributed by atoms with Gasteiger partial charge in [-0.25, -0.2) is 0 Å². The number of nitrogens with one attached hydrogen (secondary N) is 1. The first kappa shape index (κ1) is 20.1. The van der Waals surface area contributed by atoms with E-state index in [9.17, 15) is 4.79 Å². The number of methoxy groups -OCH3 is 1. The van der Waals surface area contributed by atoms with Crippen molar-refractivity contribution < 1.29 is 19.0 Å². The molecule has 0 fully saturated rings. The van der Waals surface area contributed by atoms with Crippen LogP contribution in [-0.4, -0.2) is 31.8 Å². The number of carbonyl (C=O) groups excluding carboxylic acids is 1. The van der Waals surface area contributed by atoms with E-state index in [-0.39, 0.29) is 11.9 Å². The van der Waals surface area contributed by atoms with Crippen LogP contribution in [0.4, 0.5) is 0 Å². The molecule has 0 aromatic heterocycles. The normalized spacial score (nSPS) is 15.1. The first-order valence-corrected chi connectivity index (χ1v) is 9.91. The Morgan fingerprint density at radius 2 is 1.61 bits per heavy atom. The van der Waals surface area contributed by atoms with Gasteiger partial charge in [-0.1, -0.05) is 6.07 Å². The van der Waals surface area contributed by atoms with Crippen molar-refractivity contribution in [3.63, 3.8) is 0 Å². The van der Waals surface area contributed by atoms with Gasteiger partial charge < -0.3 is 19.5 Å². The summed E-state index contributed by atoms with van der Waals surface area (Å²) in [6.45, 7) is 4.06. The van der Waals surface area contributed by atoms with Gasteiger partial charge in [0.15, 0.2) is 6.10 Å². The van der Waals surface area contributed by atoms with Crippen LogP contribution in [0.15, 0.2) is 42.5 Å². The van der Waals surface area contributed by atoms with E-state index in [0.717, 1.165) is 30.1 Å². The summed E-state index contributed by atoms with van der Waals surface area (Å²) in [4.78, 5) is 12.4. The van der Waals surface area contributed by atoms with Gasteiger partial charge in [0.2, 0.25) is 0 Å². The molecular weight excluding hydrogens is 354 g/mol. The number of amides is 1. The third-order valence-corrected chi connectivity index (χ3v) is 4.95. The zero-order chi connectivity index (χ0) is 19.9. The third-order valence-electron chi connectivity index (χ3n) is 4.95. The van der Waals surface area contributed by atoms with Crippen molar-refractivity contribution in [2.24, 2.45) is 0 Å². The maximum Gasteiger partial charge on any atom is 0.261 e. The molecule has 150 valence electrons.